The minimum Gasteiger partial charge on any atom is -0.361 e. The van der Waals surface area contributed by atoms with E-state index in [0.29, 0.717) is 5.56 Å². The molecule has 0 radical (unpaired) electrons. The molecule has 0 saturated carbocycles. The zero-order valence-corrected chi connectivity index (χ0v) is 17.4. The largest absolute Gasteiger partial charge is 0.416 e. The number of aromatic amines is 1. The Bertz CT molecular complexity index is 1020. The summed E-state index contributed by atoms with van der Waals surface area (Å²) in [4.78, 5) is 16.0. The molecular formula is C24H27F3N2O. The predicted octanol–water partition coefficient (Wildman–Crippen LogP) is 6.19. The Labute approximate surface area is 174 Å². The molecule has 0 aliphatic heterocycles. The van der Waals surface area contributed by atoms with Crippen LogP contribution in [0, 0.1) is 0 Å². The van der Waals surface area contributed by atoms with E-state index < -0.39 is 17.7 Å². The molecular weight excluding hydrogens is 389 g/mol. The van der Waals surface area contributed by atoms with Crippen molar-refractivity contribution >= 4 is 16.8 Å². The van der Waals surface area contributed by atoms with Crippen LogP contribution in [0.3, 0.4) is 0 Å². The quantitative estimate of drug-likeness (QED) is 0.474. The van der Waals surface area contributed by atoms with Crippen LogP contribution in [0.1, 0.15) is 61.8 Å². The average molecular weight is 416 g/mol. The first-order valence-electron chi connectivity index (χ1n) is 10.3. The van der Waals surface area contributed by atoms with E-state index in [1.54, 1.807) is 6.07 Å². The summed E-state index contributed by atoms with van der Waals surface area (Å²) < 4.78 is 40.0. The second kappa shape index (κ2) is 8.94. The number of hydrogen-bond donors (Lipinski definition) is 2. The molecule has 30 heavy (non-hydrogen) atoms. The number of carbonyl (C=O) groups excluding carboxylic acids is 1. The highest BCUT2D eigenvalue weighted by molar-refractivity contribution is 5.88. The molecule has 0 spiro atoms. The molecule has 1 heterocycles. The van der Waals surface area contributed by atoms with Gasteiger partial charge in [0.2, 0.25) is 5.91 Å². The zero-order valence-electron chi connectivity index (χ0n) is 17.4. The van der Waals surface area contributed by atoms with Gasteiger partial charge < -0.3 is 10.3 Å². The molecule has 160 valence electrons. The van der Waals surface area contributed by atoms with E-state index in [9.17, 15) is 18.0 Å². The van der Waals surface area contributed by atoms with Crippen molar-refractivity contribution < 1.29 is 18.0 Å². The maximum atomic E-state index is 13.3. The van der Waals surface area contributed by atoms with Gasteiger partial charge in [0.15, 0.2) is 0 Å². The van der Waals surface area contributed by atoms with Crippen LogP contribution in [0.25, 0.3) is 10.9 Å². The van der Waals surface area contributed by atoms with Crippen LogP contribution in [-0.2, 0) is 17.4 Å². The van der Waals surface area contributed by atoms with Gasteiger partial charge in [-0.25, -0.2) is 0 Å². The van der Waals surface area contributed by atoms with Gasteiger partial charge in [-0.15, -0.1) is 0 Å². The molecule has 0 saturated heterocycles. The first-order valence-corrected chi connectivity index (χ1v) is 10.3. The molecule has 2 aromatic carbocycles. The highest BCUT2D eigenvalue weighted by Crippen LogP contribution is 2.37. The number of carbonyl (C=O) groups is 1. The van der Waals surface area contributed by atoms with E-state index in [4.69, 9.17) is 0 Å². The minimum atomic E-state index is -4.44. The first kappa shape index (κ1) is 21.9. The number of fused-ring (bicyclic) bond motifs is 1. The lowest BCUT2D eigenvalue weighted by Gasteiger charge is -2.20. The molecule has 0 aliphatic carbocycles. The van der Waals surface area contributed by atoms with Gasteiger partial charge in [-0.2, -0.15) is 13.2 Å². The summed E-state index contributed by atoms with van der Waals surface area (Å²) in [6, 6.07) is 11.2. The van der Waals surface area contributed by atoms with Crippen molar-refractivity contribution in [2.24, 2.45) is 0 Å². The maximum absolute atomic E-state index is 13.3. The summed E-state index contributed by atoms with van der Waals surface area (Å²) >= 11 is 0. The van der Waals surface area contributed by atoms with E-state index in [0.717, 1.165) is 47.0 Å². The number of benzene rings is 2. The summed E-state index contributed by atoms with van der Waals surface area (Å²) in [5, 5.41) is 3.87. The van der Waals surface area contributed by atoms with E-state index >= 15 is 0 Å². The highest BCUT2D eigenvalue weighted by atomic mass is 19.4. The molecule has 3 aromatic rings. The summed E-state index contributed by atoms with van der Waals surface area (Å²) in [6.07, 6.45) is -0.914. The van der Waals surface area contributed by atoms with Gasteiger partial charge in [-0.3, -0.25) is 4.79 Å². The van der Waals surface area contributed by atoms with Crippen LogP contribution >= 0.6 is 0 Å². The number of aromatic nitrogens is 1. The molecule has 1 amide bonds. The normalized spacial score (nSPS) is 13.9. The third kappa shape index (κ3) is 4.69. The SMILES string of the molecule is CCc1cccc2c([C@H](CC(=O)N[C@H](C)CC)c3cccc(C(F)(F)F)c3)c[nH]c12. The van der Waals surface area contributed by atoms with Gasteiger partial charge >= 0.3 is 6.18 Å². The predicted molar refractivity (Wildman–Crippen MR) is 113 cm³/mol. The Kier molecular flexibility index (Phi) is 6.54. The van der Waals surface area contributed by atoms with Crippen molar-refractivity contribution in [2.45, 2.75) is 58.2 Å². The fraction of sp³-hybridized carbons (Fsp3) is 0.375. The molecule has 0 fully saturated rings. The van der Waals surface area contributed by atoms with Crippen LogP contribution in [0.2, 0.25) is 0 Å². The molecule has 1 aromatic heterocycles. The summed E-state index contributed by atoms with van der Waals surface area (Å²) in [5.74, 6) is -0.662. The van der Waals surface area contributed by atoms with Gasteiger partial charge in [0, 0.05) is 35.5 Å². The monoisotopic (exact) mass is 416 g/mol. The number of halogens is 3. The standard InChI is InChI=1S/C24H27F3N2O/c1-4-15(3)29-22(30)13-20(17-9-6-10-18(12-17)24(25,26)27)21-14-28-23-16(5-2)8-7-11-19(21)23/h6-12,14-15,20,28H,4-5,13H2,1-3H3,(H,29,30)/t15-,20-/m1/s1. The first-order chi connectivity index (χ1) is 14.2. The fourth-order valence-corrected chi connectivity index (χ4v) is 3.78. The molecule has 2 atom stereocenters. The third-order valence-electron chi connectivity index (χ3n) is 5.62. The van der Waals surface area contributed by atoms with E-state index in [1.165, 1.54) is 6.07 Å². The summed E-state index contributed by atoms with van der Waals surface area (Å²) in [5.41, 5.74) is 2.70. The van der Waals surface area contributed by atoms with E-state index in [1.807, 2.05) is 38.2 Å². The number of nitrogens with one attached hydrogen (secondary N) is 2. The molecule has 6 heteroatoms. The van der Waals surface area contributed by atoms with E-state index in [2.05, 4.69) is 17.2 Å². The molecule has 0 aliphatic rings. The molecule has 0 bridgehead atoms. The number of para-hydroxylation sites is 1. The van der Waals surface area contributed by atoms with Crippen molar-refractivity contribution in [3.63, 3.8) is 0 Å². The lowest BCUT2D eigenvalue weighted by molar-refractivity contribution is -0.137. The number of alkyl halides is 3. The van der Waals surface area contributed by atoms with Gasteiger partial charge in [-0.05, 0) is 42.5 Å². The smallest absolute Gasteiger partial charge is 0.361 e. The third-order valence-corrected chi connectivity index (χ3v) is 5.62. The van der Waals surface area contributed by atoms with Crippen molar-refractivity contribution in [3.8, 4) is 0 Å². The van der Waals surface area contributed by atoms with Gasteiger partial charge in [0.05, 0.1) is 5.56 Å². The number of H-pyrrole nitrogens is 1. The van der Waals surface area contributed by atoms with Crippen LogP contribution < -0.4 is 5.32 Å². The van der Waals surface area contributed by atoms with Crippen molar-refractivity contribution in [1.82, 2.24) is 10.3 Å². The van der Waals surface area contributed by atoms with Gasteiger partial charge in [0.25, 0.3) is 0 Å². The fourth-order valence-electron chi connectivity index (χ4n) is 3.78. The molecule has 0 unspecified atom stereocenters. The topological polar surface area (TPSA) is 44.9 Å². The molecule has 3 nitrogen and oxygen atoms in total. The number of hydrogen-bond acceptors (Lipinski definition) is 1. The molecule has 2 N–H and O–H groups in total. The van der Waals surface area contributed by atoms with Crippen LogP contribution in [0.4, 0.5) is 13.2 Å². The van der Waals surface area contributed by atoms with Gasteiger partial charge in [-0.1, -0.05) is 50.2 Å². The Morgan fingerprint density at radius 1 is 1.13 bits per heavy atom. The lowest BCUT2D eigenvalue weighted by Crippen LogP contribution is -2.33. The highest BCUT2D eigenvalue weighted by Gasteiger charge is 2.32. The average Bonchev–Trinajstić information content (AvgIpc) is 3.15. The second-order valence-electron chi connectivity index (χ2n) is 7.69. The van der Waals surface area contributed by atoms with Crippen molar-refractivity contribution in [1.29, 1.82) is 0 Å². The lowest BCUT2D eigenvalue weighted by atomic mass is 9.86. The van der Waals surface area contributed by atoms with Crippen molar-refractivity contribution in [3.05, 3.63) is 70.9 Å². The number of aryl methyl sites for hydroxylation is 1. The summed E-state index contributed by atoms with van der Waals surface area (Å²) in [6.45, 7) is 5.94. The van der Waals surface area contributed by atoms with Crippen LogP contribution in [0.15, 0.2) is 48.7 Å². The van der Waals surface area contributed by atoms with Crippen LogP contribution in [-0.4, -0.2) is 16.9 Å². The van der Waals surface area contributed by atoms with Gasteiger partial charge in [0.1, 0.15) is 0 Å². The Balaban J connectivity index is 2.08. The Hall–Kier alpha value is -2.76. The summed E-state index contributed by atoms with van der Waals surface area (Å²) in [7, 11) is 0. The maximum Gasteiger partial charge on any atom is 0.416 e. The van der Waals surface area contributed by atoms with E-state index in [-0.39, 0.29) is 18.4 Å². The molecule has 3 rings (SSSR count). The Morgan fingerprint density at radius 3 is 2.53 bits per heavy atom. The van der Waals surface area contributed by atoms with Crippen LogP contribution in [0.5, 0.6) is 0 Å². The Morgan fingerprint density at radius 2 is 1.87 bits per heavy atom. The zero-order chi connectivity index (χ0) is 21.9. The second-order valence-corrected chi connectivity index (χ2v) is 7.69. The number of rotatable bonds is 7. The minimum absolute atomic E-state index is 0.00863. The van der Waals surface area contributed by atoms with Crippen molar-refractivity contribution in [2.75, 3.05) is 0 Å². The number of amides is 1.